The van der Waals surface area contributed by atoms with Gasteiger partial charge < -0.3 is 50.5 Å². The highest BCUT2D eigenvalue weighted by atomic mass is 16.7. The molecule has 1 saturated heterocycles. The van der Waals surface area contributed by atoms with Crippen LogP contribution < -0.4 is 5.32 Å². The Morgan fingerprint density at radius 2 is 1.05 bits per heavy atom. The van der Waals surface area contributed by atoms with E-state index >= 15 is 0 Å². The maximum absolute atomic E-state index is 13.1. The van der Waals surface area contributed by atoms with Crippen molar-refractivity contribution in [2.45, 2.75) is 249 Å². The van der Waals surface area contributed by atoms with E-state index in [1.54, 1.807) is 0 Å². The maximum Gasteiger partial charge on any atom is 0.249 e. The highest BCUT2D eigenvalue weighted by Crippen LogP contribution is 2.23. The van der Waals surface area contributed by atoms with Crippen LogP contribution in [0.3, 0.4) is 0 Å². The highest BCUT2D eigenvalue weighted by molar-refractivity contribution is 5.80. The van der Waals surface area contributed by atoms with Crippen molar-refractivity contribution in [2.75, 3.05) is 13.2 Å². The van der Waals surface area contributed by atoms with Crippen molar-refractivity contribution in [2.24, 2.45) is 0 Å². The first-order valence-electron chi connectivity index (χ1n) is 22.6. The molecule has 8 N–H and O–H groups in total. The molecule has 0 aromatic rings. The summed E-state index contributed by atoms with van der Waals surface area (Å²) < 4.78 is 11.1. The Labute approximate surface area is 334 Å². The summed E-state index contributed by atoms with van der Waals surface area (Å²) in [5, 5.41) is 75.5. The molecule has 1 heterocycles. The minimum absolute atomic E-state index is 0.255. The maximum atomic E-state index is 13.1. The first kappa shape index (κ1) is 51.9. The first-order chi connectivity index (χ1) is 26.7. The van der Waals surface area contributed by atoms with Gasteiger partial charge in [0.25, 0.3) is 0 Å². The number of carbonyl (C=O) groups excluding carboxylic acids is 1. The van der Waals surface area contributed by atoms with Gasteiger partial charge in [-0.1, -0.05) is 167 Å². The van der Waals surface area contributed by atoms with E-state index < -0.39 is 74.2 Å². The molecule has 0 aromatic heterocycles. The largest absolute Gasteiger partial charge is 0.394 e. The second kappa shape index (κ2) is 34.9. The SMILES string of the molecule is CCCCCCCC/C=C\CCCCCCCCC(O)C(=O)NC(COC1OC(CO)C(O)C(O)C1O)C(O)C(O)CCCCCCCCCCCCCC. The van der Waals surface area contributed by atoms with E-state index in [-0.39, 0.29) is 6.42 Å². The zero-order chi connectivity index (χ0) is 40.5. The van der Waals surface area contributed by atoms with Crippen molar-refractivity contribution in [3.63, 3.8) is 0 Å². The molecule has 326 valence electrons. The van der Waals surface area contributed by atoms with Crippen molar-refractivity contribution in [1.29, 1.82) is 0 Å². The lowest BCUT2D eigenvalue weighted by molar-refractivity contribution is -0.303. The number of unbranched alkanes of at least 4 members (excludes halogenated alkanes) is 23. The van der Waals surface area contributed by atoms with E-state index in [2.05, 4.69) is 31.3 Å². The molecular formula is C44H85NO10. The molecule has 1 amide bonds. The smallest absolute Gasteiger partial charge is 0.249 e. The Bertz CT molecular complexity index is 908. The third kappa shape index (κ3) is 25.1. The second-order valence-corrected chi connectivity index (χ2v) is 16.1. The summed E-state index contributed by atoms with van der Waals surface area (Å²) in [5.74, 6) is -0.702. The fourth-order valence-electron chi connectivity index (χ4n) is 7.26. The summed E-state index contributed by atoms with van der Waals surface area (Å²) in [6.45, 7) is 3.42. The van der Waals surface area contributed by atoms with Crippen molar-refractivity contribution >= 4 is 5.91 Å². The van der Waals surface area contributed by atoms with Gasteiger partial charge in [0, 0.05) is 0 Å². The number of aliphatic hydroxyl groups excluding tert-OH is 7. The van der Waals surface area contributed by atoms with Crippen molar-refractivity contribution in [1.82, 2.24) is 5.32 Å². The molecule has 0 spiro atoms. The van der Waals surface area contributed by atoms with Gasteiger partial charge in [-0.15, -0.1) is 0 Å². The highest BCUT2D eigenvalue weighted by Gasteiger charge is 2.44. The topological polar surface area (TPSA) is 189 Å². The Kier molecular flexibility index (Phi) is 32.9. The summed E-state index contributed by atoms with van der Waals surface area (Å²) in [4.78, 5) is 13.1. The molecule has 0 aromatic carbocycles. The molecule has 0 bridgehead atoms. The average molecular weight is 788 g/mol. The quantitative estimate of drug-likeness (QED) is 0.0243. The van der Waals surface area contributed by atoms with Gasteiger partial charge in [0.2, 0.25) is 5.91 Å². The molecule has 9 atom stereocenters. The number of hydrogen-bond acceptors (Lipinski definition) is 10. The van der Waals surface area contributed by atoms with Crippen LogP contribution in [0.5, 0.6) is 0 Å². The fraction of sp³-hybridized carbons (Fsp3) is 0.932. The van der Waals surface area contributed by atoms with Gasteiger partial charge in [-0.3, -0.25) is 4.79 Å². The molecule has 0 radical (unpaired) electrons. The number of allylic oxidation sites excluding steroid dienone is 2. The van der Waals surface area contributed by atoms with Crippen LogP contribution in [0.15, 0.2) is 12.2 Å². The number of rotatable bonds is 37. The lowest BCUT2D eigenvalue weighted by Crippen LogP contribution is -2.60. The van der Waals surface area contributed by atoms with Crippen LogP contribution >= 0.6 is 0 Å². The number of hydrogen-bond donors (Lipinski definition) is 8. The number of aliphatic hydroxyl groups is 7. The Balaban J connectivity index is 2.47. The van der Waals surface area contributed by atoms with Crippen LogP contribution in [-0.2, 0) is 14.3 Å². The molecule has 11 heteroatoms. The molecule has 1 aliphatic rings. The van der Waals surface area contributed by atoms with Gasteiger partial charge in [-0.05, 0) is 38.5 Å². The standard InChI is InChI=1S/C44H85NO10/c1-3-5-7-9-11-13-15-17-18-19-20-22-24-26-28-30-32-37(48)43(53)45-35(34-54-44-42(52)41(51)40(50)38(33-46)55-44)39(49)36(47)31-29-27-25-23-21-16-14-12-10-8-6-4-2/h17-18,35-42,44,46-52H,3-16,19-34H2,1-2H3,(H,45,53)/b18-17-. The van der Waals surface area contributed by atoms with Gasteiger partial charge in [0.05, 0.1) is 25.4 Å². The minimum Gasteiger partial charge on any atom is -0.394 e. The minimum atomic E-state index is -1.66. The summed E-state index contributed by atoms with van der Waals surface area (Å²) >= 11 is 0. The molecule has 1 fully saturated rings. The van der Waals surface area contributed by atoms with Gasteiger partial charge in [-0.2, -0.15) is 0 Å². The Hall–Kier alpha value is -1.15. The fourth-order valence-corrected chi connectivity index (χ4v) is 7.26. The predicted molar refractivity (Wildman–Crippen MR) is 219 cm³/mol. The number of nitrogens with one attached hydrogen (secondary N) is 1. The van der Waals surface area contributed by atoms with Crippen LogP contribution in [0, 0.1) is 0 Å². The van der Waals surface area contributed by atoms with Gasteiger partial charge in [-0.25, -0.2) is 0 Å². The molecule has 55 heavy (non-hydrogen) atoms. The number of amides is 1. The van der Waals surface area contributed by atoms with E-state index in [1.807, 2.05) is 0 Å². The lowest BCUT2D eigenvalue weighted by Gasteiger charge is -2.40. The molecule has 9 unspecified atom stereocenters. The third-order valence-electron chi connectivity index (χ3n) is 11.1. The molecular weight excluding hydrogens is 702 g/mol. The van der Waals surface area contributed by atoms with Crippen LogP contribution in [0.2, 0.25) is 0 Å². The lowest BCUT2D eigenvalue weighted by atomic mass is 9.98. The molecule has 1 rings (SSSR count). The molecule has 1 aliphatic heterocycles. The molecule has 0 saturated carbocycles. The van der Waals surface area contributed by atoms with Crippen LogP contribution in [0.1, 0.15) is 194 Å². The molecule has 11 nitrogen and oxygen atoms in total. The summed E-state index contributed by atoms with van der Waals surface area (Å²) in [5.41, 5.74) is 0. The predicted octanol–water partition coefficient (Wildman–Crippen LogP) is 6.89. The summed E-state index contributed by atoms with van der Waals surface area (Å²) in [6, 6.07) is -1.17. The van der Waals surface area contributed by atoms with Gasteiger partial charge in [0.1, 0.15) is 36.6 Å². The van der Waals surface area contributed by atoms with Crippen molar-refractivity contribution in [3.8, 4) is 0 Å². The third-order valence-corrected chi connectivity index (χ3v) is 11.1. The first-order valence-corrected chi connectivity index (χ1v) is 22.6. The van der Waals surface area contributed by atoms with Gasteiger partial charge >= 0.3 is 0 Å². The molecule has 0 aliphatic carbocycles. The Morgan fingerprint density at radius 3 is 1.53 bits per heavy atom. The normalized spacial score (nSPS) is 22.5. The Morgan fingerprint density at radius 1 is 0.618 bits per heavy atom. The van der Waals surface area contributed by atoms with E-state index in [1.165, 1.54) is 96.3 Å². The second-order valence-electron chi connectivity index (χ2n) is 16.1. The van der Waals surface area contributed by atoms with Gasteiger partial charge in [0.15, 0.2) is 6.29 Å². The monoisotopic (exact) mass is 788 g/mol. The summed E-state index contributed by atoms with van der Waals surface area (Å²) in [7, 11) is 0. The van der Waals surface area contributed by atoms with E-state index in [0.717, 1.165) is 57.8 Å². The van der Waals surface area contributed by atoms with Crippen molar-refractivity contribution in [3.05, 3.63) is 12.2 Å². The van der Waals surface area contributed by atoms with E-state index in [9.17, 15) is 40.5 Å². The van der Waals surface area contributed by atoms with Crippen molar-refractivity contribution < 1.29 is 50.0 Å². The zero-order valence-corrected chi connectivity index (χ0v) is 34.9. The average Bonchev–Trinajstić information content (AvgIpc) is 3.18. The summed E-state index contributed by atoms with van der Waals surface area (Å²) in [6.07, 6.45) is 24.0. The van der Waals surface area contributed by atoms with Crippen LogP contribution in [-0.4, -0.2) is 110 Å². The number of ether oxygens (including phenoxy) is 2. The number of carbonyl (C=O) groups is 1. The van der Waals surface area contributed by atoms with Crippen LogP contribution in [0.25, 0.3) is 0 Å². The zero-order valence-electron chi connectivity index (χ0n) is 34.9. The van der Waals surface area contributed by atoms with Crippen LogP contribution in [0.4, 0.5) is 0 Å². The van der Waals surface area contributed by atoms with E-state index in [4.69, 9.17) is 9.47 Å². The van der Waals surface area contributed by atoms with E-state index in [0.29, 0.717) is 19.3 Å².